The Bertz CT molecular complexity index is 1050. The smallest absolute Gasteiger partial charge is 0.411 e. The van der Waals surface area contributed by atoms with E-state index >= 15 is 0 Å². The Kier molecular flexibility index (Phi) is 5.75. The molecular formula is C24H23F4NO3. The summed E-state index contributed by atoms with van der Waals surface area (Å²) in [6.45, 7) is 0.518. The van der Waals surface area contributed by atoms with Crippen LogP contribution in [0.1, 0.15) is 36.8 Å². The molecule has 2 aromatic rings. The molecule has 0 aromatic heterocycles. The van der Waals surface area contributed by atoms with E-state index in [9.17, 15) is 27.5 Å². The van der Waals surface area contributed by atoms with Crippen molar-refractivity contribution in [3.05, 3.63) is 65.2 Å². The molecule has 1 heterocycles. The van der Waals surface area contributed by atoms with Crippen molar-refractivity contribution in [1.29, 1.82) is 0 Å². The number of carbonyl (C=O) groups is 1. The first-order valence-electron chi connectivity index (χ1n) is 10.4. The Morgan fingerprint density at radius 2 is 1.72 bits per heavy atom. The maximum Gasteiger partial charge on any atom is 0.411 e. The van der Waals surface area contributed by atoms with Crippen molar-refractivity contribution in [3.63, 3.8) is 0 Å². The fourth-order valence-corrected chi connectivity index (χ4v) is 4.47. The maximum atomic E-state index is 13.3. The van der Waals surface area contributed by atoms with Gasteiger partial charge in [-0.15, -0.1) is 0 Å². The zero-order chi connectivity index (χ0) is 23.1. The molecule has 0 unspecified atom stereocenters. The van der Waals surface area contributed by atoms with E-state index in [-0.39, 0.29) is 30.0 Å². The number of ether oxygens (including phenoxy) is 1. The topological polar surface area (TPSA) is 58.6 Å². The highest BCUT2D eigenvalue weighted by Crippen LogP contribution is 2.43. The van der Waals surface area contributed by atoms with Gasteiger partial charge < -0.3 is 15.2 Å². The second-order valence-corrected chi connectivity index (χ2v) is 8.42. The van der Waals surface area contributed by atoms with Crippen LogP contribution in [0, 0.1) is 12.7 Å². The number of carbonyl (C=O) groups excluding carboxylic acids is 1. The van der Waals surface area contributed by atoms with Crippen LogP contribution in [0.2, 0.25) is 0 Å². The molecule has 170 valence electrons. The van der Waals surface area contributed by atoms with Crippen molar-refractivity contribution in [1.82, 2.24) is 5.32 Å². The largest absolute Gasteiger partial charge is 0.509 e. The van der Waals surface area contributed by atoms with Gasteiger partial charge in [-0.05, 0) is 73.1 Å². The predicted octanol–water partition coefficient (Wildman–Crippen LogP) is 5.46. The molecule has 4 nitrogen and oxygen atoms in total. The molecule has 32 heavy (non-hydrogen) atoms. The van der Waals surface area contributed by atoms with Gasteiger partial charge in [-0.1, -0.05) is 24.3 Å². The van der Waals surface area contributed by atoms with Gasteiger partial charge in [-0.3, -0.25) is 4.79 Å². The Balaban J connectivity index is 1.60. The summed E-state index contributed by atoms with van der Waals surface area (Å²) in [6.07, 6.45) is -3.80. The van der Waals surface area contributed by atoms with Gasteiger partial charge >= 0.3 is 6.18 Å². The summed E-state index contributed by atoms with van der Waals surface area (Å²) in [5, 5.41) is 13.9. The van der Waals surface area contributed by atoms with Crippen LogP contribution < -0.4 is 5.32 Å². The highest BCUT2D eigenvalue weighted by atomic mass is 19.4. The number of benzene rings is 2. The van der Waals surface area contributed by atoms with Crippen LogP contribution in [0.3, 0.4) is 0 Å². The molecule has 2 N–H and O–H groups in total. The number of aliphatic hydroxyl groups is 1. The molecule has 2 aromatic carbocycles. The number of hydrogen-bond donors (Lipinski definition) is 2. The Morgan fingerprint density at radius 3 is 2.34 bits per heavy atom. The molecular weight excluding hydrogens is 426 g/mol. The van der Waals surface area contributed by atoms with Gasteiger partial charge in [0.25, 0.3) is 5.91 Å². The average molecular weight is 449 g/mol. The molecule has 0 atom stereocenters. The van der Waals surface area contributed by atoms with Crippen molar-refractivity contribution in [2.24, 2.45) is 0 Å². The summed E-state index contributed by atoms with van der Waals surface area (Å²) >= 11 is 0. The number of nitrogens with one attached hydrogen (secondary N) is 1. The van der Waals surface area contributed by atoms with Gasteiger partial charge in [-0.2, -0.15) is 13.2 Å². The second-order valence-electron chi connectivity index (χ2n) is 8.42. The van der Waals surface area contributed by atoms with Crippen molar-refractivity contribution in [3.8, 4) is 11.1 Å². The standard InChI is InChI=1S/C24H23F4NO3/c1-14-2-3-16(15-4-6-17(25)7-5-15)12-19(14)20-21(30)23(29-22(20)31)10-8-18(9-11-23)32-13-24(26,27)28/h2-7,12,18,30H,8-11,13H2,1H3,(H,29,31). The van der Waals surface area contributed by atoms with Gasteiger partial charge in [0.15, 0.2) is 0 Å². The van der Waals surface area contributed by atoms with E-state index in [1.807, 2.05) is 19.1 Å². The summed E-state index contributed by atoms with van der Waals surface area (Å²) < 4.78 is 55.5. The molecule has 0 saturated heterocycles. The Hall–Kier alpha value is -2.87. The van der Waals surface area contributed by atoms with Crippen LogP contribution >= 0.6 is 0 Å². The van der Waals surface area contributed by atoms with Crippen molar-refractivity contribution >= 4 is 11.5 Å². The Morgan fingerprint density at radius 1 is 1.09 bits per heavy atom. The molecule has 1 aliphatic carbocycles. The van der Waals surface area contributed by atoms with E-state index in [0.717, 1.165) is 16.7 Å². The summed E-state index contributed by atoms with van der Waals surface area (Å²) in [5.74, 6) is -0.860. The first-order valence-corrected chi connectivity index (χ1v) is 10.4. The molecule has 1 amide bonds. The Labute approximate surface area is 182 Å². The number of halogens is 4. The van der Waals surface area contributed by atoms with Crippen LogP contribution in [0.15, 0.2) is 48.2 Å². The van der Waals surface area contributed by atoms with Crippen LogP contribution in [-0.4, -0.2) is 35.4 Å². The second kappa shape index (κ2) is 8.24. The summed E-state index contributed by atoms with van der Waals surface area (Å²) in [7, 11) is 0. The molecule has 1 aliphatic heterocycles. The molecule has 1 fully saturated rings. The van der Waals surface area contributed by atoms with E-state index in [1.54, 1.807) is 18.2 Å². The fraction of sp³-hybridized carbons (Fsp3) is 0.375. The quantitative estimate of drug-likeness (QED) is 0.610. The average Bonchev–Trinajstić information content (AvgIpc) is 2.97. The summed E-state index contributed by atoms with van der Waals surface area (Å²) in [5.41, 5.74) is 2.05. The van der Waals surface area contributed by atoms with Gasteiger partial charge in [0.1, 0.15) is 18.2 Å². The lowest BCUT2D eigenvalue weighted by atomic mass is 9.79. The number of rotatable bonds is 4. The van der Waals surface area contributed by atoms with Crippen LogP contribution in [0.5, 0.6) is 0 Å². The molecule has 8 heteroatoms. The highest BCUT2D eigenvalue weighted by molar-refractivity contribution is 6.23. The lowest BCUT2D eigenvalue weighted by molar-refractivity contribution is -0.188. The summed E-state index contributed by atoms with van der Waals surface area (Å²) in [4.78, 5) is 12.9. The SMILES string of the molecule is Cc1ccc(-c2ccc(F)cc2)cc1C1=C(O)C2(CCC(OCC(F)(F)F)CC2)NC1=O. The predicted molar refractivity (Wildman–Crippen MR) is 111 cm³/mol. The third-order valence-electron chi connectivity index (χ3n) is 6.22. The number of aryl methyl sites for hydroxylation is 1. The zero-order valence-corrected chi connectivity index (χ0v) is 17.4. The lowest BCUT2D eigenvalue weighted by Crippen LogP contribution is -2.48. The van der Waals surface area contributed by atoms with E-state index < -0.39 is 30.3 Å². The number of amides is 1. The molecule has 4 rings (SSSR count). The number of alkyl halides is 3. The third-order valence-corrected chi connectivity index (χ3v) is 6.22. The van der Waals surface area contributed by atoms with Crippen LogP contribution in [-0.2, 0) is 9.53 Å². The first-order chi connectivity index (χ1) is 15.1. The summed E-state index contributed by atoms with van der Waals surface area (Å²) in [6, 6.07) is 11.4. The molecule has 0 bridgehead atoms. The monoisotopic (exact) mass is 449 g/mol. The third kappa shape index (κ3) is 4.37. The van der Waals surface area contributed by atoms with Gasteiger partial charge in [-0.25, -0.2) is 4.39 Å². The van der Waals surface area contributed by atoms with E-state index in [1.165, 1.54) is 12.1 Å². The van der Waals surface area contributed by atoms with E-state index in [4.69, 9.17) is 4.74 Å². The highest BCUT2D eigenvalue weighted by Gasteiger charge is 2.48. The normalized spacial score (nSPS) is 23.7. The fourth-order valence-electron chi connectivity index (χ4n) is 4.47. The minimum Gasteiger partial charge on any atom is -0.509 e. The van der Waals surface area contributed by atoms with E-state index in [2.05, 4.69) is 5.32 Å². The van der Waals surface area contributed by atoms with Gasteiger partial charge in [0.2, 0.25) is 0 Å². The zero-order valence-electron chi connectivity index (χ0n) is 17.4. The van der Waals surface area contributed by atoms with Crippen LogP contribution in [0.4, 0.5) is 17.6 Å². The number of hydrogen-bond acceptors (Lipinski definition) is 3. The van der Waals surface area contributed by atoms with Crippen LogP contribution in [0.25, 0.3) is 16.7 Å². The lowest BCUT2D eigenvalue weighted by Gasteiger charge is -2.37. The maximum absolute atomic E-state index is 13.3. The van der Waals surface area contributed by atoms with Gasteiger partial charge in [0, 0.05) is 0 Å². The molecule has 0 radical (unpaired) electrons. The minimum atomic E-state index is -4.39. The molecule has 1 spiro atoms. The van der Waals surface area contributed by atoms with Crippen molar-refractivity contribution < 1.29 is 32.2 Å². The minimum absolute atomic E-state index is 0.0869. The molecule has 2 aliphatic rings. The van der Waals surface area contributed by atoms with E-state index in [0.29, 0.717) is 18.4 Å². The molecule has 1 saturated carbocycles. The van der Waals surface area contributed by atoms with Crippen molar-refractivity contribution in [2.75, 3.05) is 6.61 Å². The van der Waals surface area contributed by atoms with Crippen molar-refractivity contribution in [2.45, 2.75) is 50.4 Å². The van der Waals surface area contributed by atoms with Gasteiger partial charge in [0.05, 0.1) is 17.2 Å². The number of aliphatic hydroxyl groups excluding tert-OH is 1. The first kappa shape index (κ1) is 22.3.